The van der Waals surface area contributed by atoms with Gasteiger partial charge in [-0.1, -0.05) is 11.6 Å². The van der Waals surface area contributed by atoms with E-state index in [2.05, 4.69) is 20.2 Å². The monoisotopic (exact) mass is 486 g/mol. The Balaban J connectivity index is 1.21. The molecule has 0 amide bonds. The molecule has 10 heteroatoms. The molecule has 6 aliphatic rings. The molecular weight excluding hydrogens is 460 g/mol. The predicted octanol–water partition coefficient (Wildman–Crippen LogP) is 2.64. The van der Waals surface area contributed by atoms with Crippen LogP contribution >= 0.6 is 11.6 Å². The number of hydrogen-bond donors (Lipinski definition) is 2. The third-order valence-electron chi connectivity index (χ3n) is 8.59. The molecule has 2 aromatic rings. The molecule has 8 nitrogen and oxygen atoms in total. The van der Waals surface area contributed by atoms with Crippen molar-refractivity contribution in [3.05, 3.63) is 28.9 Å². The summed E-state index contributed by atoms with van der Waals surface area (Å²) in [5, 5.41) is 14.1. The molecule has 1 spiro atoms. The first kappa shape index (κ1) is 20.5. The SMILES string of the molecule is O=[S@]1CC2(CC2)c2nc(N3CC4CC(C3)C4c3ncc(Cl)cn3)nc(NC3(CO)CCC3)c21. The lowest BCUT2D eigenvalue weighted by Gasteiger charge is -2.52. The van der Waals surface area contributed by atoms with Crippen LogP contribution < -0.4 is 10.2 Å². The van der Waals surface area contributed by atoms with Crippen LogP contribution in [0.5, 0.6) is 0 Å². The van der Waals surface area contributed by atoms with E-state index in [1.165, 1.54) is 6.42 Å². The fourth-order valence-corrected chi connectivity index (χ4v) is 8.27. The van der Waals surface area contributed by atoms with Gasteiger partial charge in [-0.15, -0.1) is 0 Å². The second-order valence-electron chi connectivity index (χ2n) is 10.7. The highest BCUT2D eigenvalue weighted by molar-refractivity contribution is 7.85. The highest BCUT2D eigenvalue weighted by atomic mass is 35.5. The largest absolute Gasteiger partial charge is 0.394 e. The molecular formula is C23H27ClN6O2S. The number of anilines is 2. The second-order valence-corrected chi connectivity index (χ2v) is 12.5. The van der Waals surface area contributed by atoms with Crippen molar-refractivity contribution in [1.82, 2.24) is 19.9 Å². The van der Waals surface area contributed by atoms with Gasteiger partial charge in [-0.25, -0.2) is 15.0 Å². The first-order chi connectivity index (χ1) is 16.0. The van der Waals surface area contributed by atoms with Gasteiger partial charge < -0.3 is 15.3 Å². The third kappa shape index (κ3) is 3.08. The Labute approximate surface area is 200 Å². The van der Waals surface area contributed by atoms with Crippen molar-refractivity contribution in [2.24, 2.45) is 11.8 Å². The molecule has 5 fully saturated rings. The maximum atomic E-state index is 13.1. The van der Waals surface area contributed by atoms with Crippen molar-refractivity contribution in [2.75, 3.05) is 35.7 Å². The third-order valence-corrected chi connectivity index (χ3v) is 10.4. The number of hydrogen-bond acceptors (Lipinski definition) is 8. The van der Waals surface area contributed by atoms with Gasteiger partial charge in [0.2, 0.25) is 5.95 Å². The minimum Gasteiger partial charge on any atom is -0.394 e. The van der Waals surface area contributed by atoms with Gasteiger partial charge in [-0.3, -0.25) is 4.21 Å². The predicted molar refractivity (Wildman–Crippen MR) is 125 cm³/mol. The summed E-state index contributed by atoms with van der Waals surface area (Å²) in [7, 11) is -1.09. The second kappa shape index (κ2) is 7.09. The Morgan fingerprint density at radius 2 is 1.88 bits per heavy atom. The topological polar surface area (TPSA) is 104 Å². The number of fused-ring (bicyclic) bond motifs is 4. The summed E-state index contributed by atoms with van der Waals surface area (Å²) < 4.78 is 13.1. The fraction of sp³-hybridized carbons (Fsp3) is 0.652. The van der Waals surface area contributed by atoms with Crippen LogP contribution in [0.1, 0.15) is 56.0 Å². The minimum atomic E-state index is -1.09. The van der Waals surface area contributed by atoms with Crippen LogP contribution in [0.25, 0.3) is 0 Å². The van der Waals surface area contributed by atoms with Gasteiger partial charge in [0.05, 0.1) is 33.7 Å². The molecule has 2 N–H and O–H groups in total. The molecule has 0 aromatic carbocycles. The molecule has 2 saturated heterocycles. The molecule has 33 heavy (non-hydrogen) atoms. The van der Waals surface area contributed by atoms with Crippen molar-refractivity contribution in [2.45, 2.75) is 60.3 Å². The van der Waals surface area contributed by atoms with Gasteiger partial charge in [0.25, 0.3) is 0 Å². The highest BCUT2D eigenvalue weighted by Crippen LogP contribution is 2.57. The van der Waals surface area contributed by atoms with Gasteiger partial charge in [-0.2, -0.15) is 4.98 Å². The summed E-state index contributed by atoms with van der Waals surface area (Å²) >= 11 is 5.98. The van der Waals surface area contributed by atoms with Crippen LogP contribution in [0.15, 0.2) is 17.3 Å². The summed E-state index contributed by atoms with van der Waals surface area (Å²) in [6.45, 7) is 1.80. The van der Waals surface area contributed by atoms with Crippen molar-refractivity contribution in [1.29, 1.82) is 0 Å². The first-order valence-corrected chi connectivity index (χ1v) is 13.6. The van der Waals surface area contributed by atoms with Gasteiger partial charge in [-0.05, 0) is 50.4 Å². The van der Waals surface area contributed by atoms with Gasteiger partial charge >= 0.3 is 0 Å². The van der Waals surface area contributed by atoms with E-state index < -0.39 is 10.8 Å². The number of piperidine rings is 2. The van der Waals surface area contributed by atoms with Crippen molar-refractivity contribution < 1.29 is 9.32 Å². The van der Waals surface area contributed by atoms with Crippen LogP contribution in [0, 0.1) is 11.8 Å². The van der Waals surface area contributed by atoms with Crippen molar-refractivity contribution >= 4 is 34.2 Å². The molecule has 2 aromatic heterocycles. The van der Waals surface area contributed by atoms with E-state index in [-0.39, 0.29) is 17.6 Å². The number of rotatable bonds is 5. The number of aliphatic hydroxyl groups excluding tert-OH is 1. The Bertz CT molecular complexity index is 1130. The fourth-order valence-electron chi connectivity index (χ4n) is 6.31. The van der Waals surface area contributed by atoms with Gasteiger partial charge in [0, 0.05) is 42.6 Å². The highest BCUT2D eigenvalue weighted by Gasteiger charge is 2.56. The standard InChI is InChI=1S/C23H27ClN6O2S/c24-15-7-25-19(26-8-15)16-13-6-14(16)10-30(9-13)21-27-18-17(33(32)12-22(18)4-5-22)20(28-21)29-23(11-31)2-1-3-23/h7-8,13-14,16,31H,1-6,9-12H2,(H,27,28,29)/t13?,14?,16?,33-/m0/s1. The van der Waals surface area contributed by atoms with E-state index in [0.29, 0.717) is 34.3 Å². The smallest absolute Gasteiger partial charge is 0.227 e. The van der Waals surface area contributed by atoms with E-state index in [1.54, 1.807) is 12.4 Å². The molecule has 174 valence electrons. The number of nitrogens with zero attached hydrogens (tertiary/aromatic N) is 5. The minimum absolute atomic E-state index is 0.0291. The molecule has 2 unspecified atom stereocenters. The Morgan fingerprint density at radius 3 is 2.48 bits per heavy atom. The Hall–Kier alpha value is -1.84. The number of aliphatic hydroxyl groups is 1. The average molecular weight is 487 g/mol. The molecule has 3 aliphatic carbocycles. The van der Waals surface area contributed by atoms with E-state index >= 15 is 0 Å². The zero-order valence-electron chi connectivity index (χ0n) is 18.3. The van der Waals surface area contributed by atoms with Crippen molar-refractivity contribution in [3.63, 3.8) is 0 Å². The summed E-state index contributed by atoms with van der Waals surface area (Å²) in [5.41, 5.74) is 0.611. The van der Waals surface area contributed by atoms with E-state index in [9.17, 15) is 9.32 Å². The van der Waals surface area contributed by atoms with Crippen LogP contribution in [0.2, 0.25) is 5.02 Å². The normalized spacial score (nSPS) is 32.1. The molecule has 2 bridgehead atoms. The number of halogens is 1. The molecule has 0 radical (unpaired) electrons. The lowest BCUT2D eigenvalue weighted by atomic mass is 9.61. The van der Waals surface area contributed by atoms with Crippen LogP contribution in [-0.2, 0) is 16.2 Å². The van der Waals surface area contributed by atoms with E-state index in [4.69, 9.17) is 21.6 Å². The molecule has 8 rings (SSSR count). The summed E-state index contributed by atoms with van der Waals surface area (Å²) in [6.07, 6.45) is 9.54. The van der Waals surface area contributed by atoms with Crippen molar-refractivity contribution in [3.8, 4) is 0 Å². The quantitative estimate of drug-likeness (QED) is 0.664. The zero-order valence-corrected chi connectivity index (χ0v) is 19.9. The van der Waals surface area contributed by atoms with E-state index in [0.717, 1.165) is 67.6 Å². The van der Waals surface area contributed by atoms with Crippen LogP contribution in [0.4, 0.5) is 11.8 Å². The lowest BCUT2D eigenvalue weighted by Crippen LogP contribution is -2.55. The Kier molecular flexibility index (Phi) is 4.41. The Morgan fingerprint density at radius 1 is 1.15 bits per heavy atom. The summed E-state index contributed by atoms with van der Waals surface area (Å²) in [5.74, 6) is 4.26. The summed E-state index contributed by atoms with van der Waals surface area (Å²) in [6, 6.07) is 0. The lowest BCUT2D eigenvalue weighted by molar-refractivity contribution is 0.104. The maximum absolute atomic E-state index is 13.1. The molecule has 5 heterocycles. The number of nitrogens with one attached hydrogen (secondary N) is 1. The van der Waals surface area contributed by atoms with Gasteiger partial charge in [0.1, 0.15) is 16.5 Å². The van der Waals surface area contributed by atoms with Crippen LogP contribution in [0.3, 0.4) is 0 Å². The van der Waals surface area contributed by atoms with Gasteiger partial charge in [0.15, 0.2) is 0 Å². The average Bonchev–Trinajstić information content (AvgIpc) is 3.51. The zero-order chi connectivity index (χ0) is 22.4. The number of aromatic nitrogens is 4. The maximum Gasteiger partial charge on any atom is 0.227 e. The van der Waals surface area contributed by atoms with Crippen LogP contribution in [-0.4, -0.2) is 60.2 Å². The molecule has 3 saturated carbocycles. The summed E-state index contributed by atoms with van der Waals surface area (Å²) in [4.78, 5) is 22.0. The van der Waals surface area contributed by atoms with E-state index in [1.807, 2.05) is 0 Å². The molecule has 3 aliphatic heterocycles. The first-order valence-electron chi connectivity index (χ1n) is 11.9. The molecule has 3 atom stereocenters.